The van der Waals surface area contributed by atoms with Crippen LogP contribution < -0.4 is 0 Å². The highest BCUT2D eigenvalue weighted by molar-refractivity contribution is 6.04. The van der Waals surface area contributed by atoms with Crippen molar-refractivity contribution in [2.24, 2.45) is 0 Å². The van der Waals surface area contributed by atoms with Crippen LogP contribution in [0.15, 0.2) is 11.6 Å². The van der Waals surface area contributed by atoms with Crippen LogP contribution in [0.2, 0.25) is 0 Å². The van der Waals surface area contributed by atoms with E-state index in [0.717, 1.165) is 18.3 Å². The summed E-state index contributed by atoms with van der Waals surface area (Å²) < 4.78 is 0. The van der Waals surface area contributed by atoms with E-state index in [4.69, 9.17) is 0 Å². The largest absolute Gasteiger partial charge is 0.303 e. The first kappa shape index (κ1) is 11.6. The third kappa shape index (κ3) is 8.55. The number of carbonyl (C=O) groups is 2. The van der Waals surface area contributed by atoms with E-state index in [0.29, 0.717) is 12.8 Å². The molecule has 0 saturated heterocycles. The standard InChI is InChI=1S/C11H14O2/c1-10(2)9-11(13)7-5-3-4-6-8-12/h8-9H,3-4,6H2,1-2H3. The second-order valence-corrected chi connectivity index (χ2v) is 2.95. The summed E-state index contributed by atoms with van der Waals surface area (Å²) in [6.45, 7) is 3.71. The third-order valence-electron chi connectivity index (χ3n) is 1.26. The molecule has 0 heterocycles. The second kappa shape index (κ2) is 7.30. The number of aldehydes is 1. The van der Waals surface area contributed by atoms with Crippen molar-refractivity contribution in [3.63, 3.8) is 0 Å². The Balaban J connectivity index is 3.76. The van der Waals surface area contributed by atoms with Gasteiger partial charge in [0.25, 0.3) is 0 Å². The Labute approximate surface area is 79.0 Å². The van der Waals surface area contributed by atoms with Crippen molar-refractivity contribution in [2.75, 3.05) is 0 Å². The van der Waals surface area contributed by atoms with Gasteiger partial charge in [-0.15, -0.1) is 0 Å². The molecule has 0 aromatic rings. The van der Waals surface area contributed by atoms with Gasteiger partial charge in [-0.1, -0.05) is 11.5 Å². The topological polar surface area (TPSA) is 34.1 Å². The van der Waals surface area contributed by atoms with Gasteiger partial charge in [0, 0.05) is 12.8 Å². The highest BCUT2D eigenvalue weighted by Crippen LogP contribution is 1.91. The lowest BCUT2D eigenvalue weighted by Crippen LogP contribution is -1.87. The molecule has 0 spiro atoms. The lowest BCUT2D eigenvalue weighted by atomic mass is 10.2. The van der Waals surface area contributed by atoms with E-state index in [9.17, 15) is 9.59 Å². The van der Waals surface area contributed by atoms with Crippen molar-refractivity contribution in [2.45, 2.75) is 33.1 Å². The fraction of sp³-hybridized carbons (Fsp3) is 0.455. The van der Waals surface area contributed by atoms with Gasteiger partial charge in [0.1, 0.15) is 6.29 Å². The smallest absolute Gasteiger partial charge is 0.228 e. The monoisotopic (exact) mass is 178 g/mol. The van der Waals surface area contributed by atoms with Crippen LogP contribution in [-0.4, -0.2) is 12.1 Å². The molecule has 2 nitrogen and oxygen atoms in total. The molecule has 0 amide bonds. The van der Waals surface area contributed by atoms with Crippen molar-refractivity contribution in [3.05, 3.63) is 11.6 Å². The Morgan fingerprint density at radius 2 is 2.08 bits per heavy atom. The van der Waals surface area contributed by atoms with E-state index in [1.165, 1.54) is 6.08 Å². The van der Waals surface area contributed by atoms with E-state index < -0.39 is 0 Å². The molecule has 2 heteroatoms. The van der Waals surface area contributed by atoms with Crippen LogP contribution in [0, 0.1) is 11.8 Å². The average molecular weight is 178 g/mol. The van der Waals surface area contributed by atoms with Crippen molar-refractivity contribution in [1.29, 1.82) is 0 Å². The van der Waals surface area contributed by atoms with Crippen molar-refractivity contribution < 1.29 is 9.59 Å². The lowest BCUT2D eigenvalue weighted by molar-refractivity contribution is -0.110. The maximum Gasteiger partial charge on any atom is 0.228 e. The van der Waals surface area contributed by atoms with Gasteiger partial charge in [-0.05, 0) is 32.3 Å². The van der Waals surface area contributed by atoms with Gasteiger partial charge in [0.05, 0.1) is 0 Å². The van der Waals surface area contributed by atoms with Crippen LogP contribution in [0.25, 0.3) is 0 Å². The molecular formula is C11H14O2. The van der Waals surface area contributed by atoms with Crippen molar-refractivity contribution >= 4 is 12.1 Å². The average Bonchev–Trinajstić information content (AvgIpc) is 2.02. The van der Waals surface area contributed by atoms with Crippen molar-refractivity contribution in [1.82, 2.24) is 0 Å². The van der Waals surface area contributed by atoms with Gasteiger partial charge in [-0.25, -0.2) is 0 Å². The predicted molar refractivity (Wildman–Crippen MR) is 52.1 cm³/mol. The highest BCUT2D eigenvalue weighted by Gasteiger charge is 1.88. The molecule has 13 heavy (non-hydrogen) atoms. The Hall–Kier alpha value is -1.36. The Morgan fingerprint density at radius 1 is 1.38 bits per heavy atom. The van der Waals surface area contributed by atoms with Crippen LogP contribution in [0.4, 0.5) is 0 Å². The molecule has 0 aromatic heterocycles. The fourth-order valence-electron chi connectivity index (χ4n) is 0.722. The zero-order valence-corrected chi connectivity index (χ0v) is 8.09. The zero-order valence-electron chi connectivity index (χ0n) is 8.09. The van der Waals surface area contributed by atoms with Gasteiger partial charge >= 0.3 is 0 Å². The number of unbranched alkanes of at least 4 members (excludes halogenated alkanes) is 2. The van der Waals surface area contributed by atoms with Crippen LogP contribution in [0.3, 0.4) is 0 Å². The summed E-state index contributed by atoms with van der Waals surface area (Å²) in [5, 5.41) is 0. The molecule has 0 atom stereocenters. The number of hydrogen-bond donors (Lipinski definition) is 0. The van der Waals surface area contributed by atoms with E-state index >= 15 is 0 Å². The Kier molecular flexibility index (Phi) is 6.53. The van der Waals surface area contributed by atoms with Gasteiger partial charge < -0.3 is 4.79 Å². The zero-order chi connectivity index (χ0) is 10.1. The number of hydrogen-bond acceptors (Lipinski definition) is 2. The molecule has 0 rings (SSSR count). The maximum atomic E-state index is 11.0. The van der Waals surface area contributed by atoms with Crippen LogP contribution in [-0.2, 0) is 9.59 Å². The predicted octanol–water partition coefficient (Wildman–Crippen LogP) is 1.89. The molecule has 0 unspecified atom stereocenters. The number of allylic oxidation sites excluding steroid dienone is 2. The Bertz CT molecular complexity index is 260. The minimum atomic E-state index is -0.161. The molecule has 70 valence electrons. The summed E-state index contributed by atoms with van der Waals surface area (Å²) in [5.41, 5.74) is 0.951. The van der Waals surface area contributed by atoms with Gasteiger partial charge in [-0.2, -0.15) is 0 Å². The normalized spacial score (nSPS) is 8.15. The Morgan fingerprint density at radius 3 is 2.62 bits per heavy atom. The quantitative estimate of drug-likeness (QED) is 0.216. The SMILES string of the molecule is CC(C)=CC(=O)C#CCCCC=O. The highest BCUT2D eigenvalue weighted by atomic mass is 16.1. The molecule has 0 aliphatic rings. The summed E-state index contributed by atoms with van der Waals surface area (Å²) >= 11 is 0. The van der Waals surface area contributed by atoms with E-state index in [-0.39, 0.29) is 5.78 Å². The summed E-state index contributed by atoms with van der Waals surface area (Å²) in [5.74, 6) is 5.05. The first-order valence-electron chi connectivity index (χ1n) is 4.28. The first-order valence-corrected chi connectivity index (χ1v) is 4.28. The van der Waals surface area contributed by atoms with E-state index in [1.807, 2.05) is 13.8 Å². The maximum absolute atomic E-state index is 11.0. The van der Waals surface area contributed by atoms with Gasteiger partial charge in [0.15, 0.2) is 0 Å². The molecule has 0 bridgehead atoms. The number of ketones is 1. The van der Waals surface area contributed by atoms with Crippen molar-refractivity contribution in [3.8, 4) is 11.8 Å². The summed E-state index contributed by atoms with van der Waals surface area (Å²) in [6.07, 6.45) is 4.23. The first-order chi connectivity index (χ1) is 6.16. The molecule has 0 N–H and O–H groups in total. The van der Waals surface area contributed by atoms with Gasteiger partial charge in [0.2, 0.25) is 5.78 Å². The molecule has 0 aliphatic carbocycles. The minimum absolute atomic E-state index is 0.161. The molecule has 0 saturated carbocycles. The summed E-state index contributed by atoms with van der Waals surface area (Å²) in [4.78, 5) is 20.9. The summed E-state index contributed by atoms with van der Waals surface area (Å²) in [6, 6.07) is 0. The number of rotatable bonds is 4. The molecule has 0 aliphatic heterocycles. The van der Waals surface area contributed by atoms with Crippen LogP contribution in [0.1, 0.15) is 33.1 Å². The molecule has 0 fully saturated rings. The molecule has 0 aromatic carbocycles. The summed E-state index contributed by atoms with van der Waals surface area (Å²) in [7, 11) is 0. The minimum Gasteiger partial charge on any atom is -0.303 e. The lowest BCUT2D eigenvalue weighted by Gasteiger charge is -1.84. The van der Waals surface area contributed by atoms with Gasteiger partial charge in [-0.3, -0.25) is 4.79 Å². The fourth-order valence-corrected chi connectivity index (χ4v) is 0.722. The van der Waals surface area contributed by atoms with E-state index in [1.54, 1.807) is 0 Å². The molecule has 0 radical (unpaired) electrons. The van der Waals surface area contributed by atoms with E-state index in [2.05, 4.69) is 11.8 Å². The number of carbonyl (C=O) groups excluding carboxylic acids is 2. The third-order valence-corrected chi connectivity index (χ3v) is 1.26. The molecular weight excluding hydrogens is 164 g/mol. The van der Waals surface area contributed by atoms with Crippen LogP contribution in [0.5, 0.6) is 0 Å². The second-order valence-electron chi connectivity index (χ2n) is 2.95. The van der Waals surface area contributed by atoms with Crippen LogP contribution >= 0.6 is 0 Å².